The molecular formula is C28H44F2N2O. The van der Waals surface area contributed by atoms with Crippen molar-refractivity contribution in [2.24, 2.45) is 5.73 Å². The predicted molar refractivity (Wildman–Crippen MR) is 137 cm³/mol. The van der Waals surface area contributed by atoms with Crippen LogP contribution in [0.1, 0.15) is 77.3 Å². The van der Waals surface area contributed by atoms with Gasteiger partial charge in [0.2, 0.25) is 0 Å². The van der Waals surface area contributed by atoms with Gasteiger partial charge in [-0.2, -0.15) is 0 Å². The van der Waals surface area contributed by atoms with Crippen LogP contribution in [0.25, 0.3) is 0 Å². The molecule has 2 unspecified atom stereocenters. The van der Waals surface area contributed by atoms with Crippen molar-refractivity contribution in [1.29, 1.82) is 0 Å². The average Bonchev–Trinajstić information content (AvgIpc) is 2.79. The number of nitrogens with two attached hydrogens (primary N) is 1. The molecule has 1 aromatic carbocycles. The van der Waals surface area contributed by atoms with Crippen LogP contribution < -0.4 is 11.1 Å². The lowest BCUT2D eigenvalue weighted by atomic mass is 9.74. The molecule has 0 bridgehead atoms. The van der Waals surface area contributed by atoms with Gasteiger partial charge in [0.25, 0.3) is 0 Å². The highest BCUT2D eigenvalue weighted by Crippen LogP contribution is 2.38. The summed E-state index contributed by atoms with van der Waals surface area (Å²) >= 11 is 0. The Kier molecular flexibility index (Phi) is 12.2. The van der Waals surface area contributed by atoms with Gasteiger partial charge in [0.15, 0.2) is 0 Å². The van der Waals surface area contributed by atoms with Crippen LogP contribution in [-0.2, 0) is 11.0 Å². The van der Waals surface area contributed by atoms with Gasteiger partial charge >= 0.3 is 0 Å². The van der Waals surface area contributed by atoms with E-state index < -0.39 is 12.1 Å². The third-order valence-corrected chi connectivity index (χ3v) is 6.30. The summed E-state index contributed by atoms with van der Waals surface area (Å²) in [6.45, 7) is 12.7. The van der Waals surface area contributed by atoms with Gasteiger partial charge in [-0.05, 0) is 54.9 Å². The van der Waals surface area contributed by atoms with Crippen LogP contribution in [0.4, 0.5) is 8.78 Å². The maximum absolute atomic E-state index is 13.6. The highest BCUT2D eigenvalue weighted by atomic mass is 19.1. The van der Waals surface area contributed by atoms with Crippen molar-refractivity contribution in [2.75, 3.05) is 13.7 Å². The molecule has 0 aromatic heterocycles. The van der Waals surface area contributed by atoms with Crippen LogP contribution in [0.5, 0.6) is 0 Å². The Bertz CT molecular complexity index is 789. The second kappa shape index (κ2) is 13.8. The molecule has 0 saturated heterocycles. The predicted octanol–water partition coefficient (Wildman–Crippen LogP) is 6.38. The van der Waals surface area contributed by atoms with E-state index in [1.165, 1.54) is 42.5 Å². The molecule has 0 heterocycles. The number of rotatable bonds is 9. The molecule has 0 amide bonds. The topological polar surface area (TPSA) is 58.3 Å². The van der Waals surface area contributed by atoms with Gasteiger partial charge in [0.1, 0.15) is 5.83 Å². The van der Waals surface area contributed by atoms with Crippen molar-refractivity contribution in [3.8, 4) is 0 Å². The van der Waals surface area contributed by atoms with Gasteiger partial charge in [-0.1, -0.05) is 82.5 Å². The first-order valence-electron chi connectivity index (χ1n) is 11.9. The van der Waals surface area contributed by atoms with Crippen LogP contribution in [0, 0.1) is 0 Å². The molecule has 1 aliphatic rings. The first-order chi connectivity index (χ1) is 15.6. The molecule has 0 aliphatic heterocycles. The summed E-state index contributed by atoms with van der Waals surface area (Å²) < 4.78 is 23.1. The van der Waals surface area contributed by atoms with Crippen LogP contribution in [-0.4, -0.2) is 31.0 Å². The van der Waals surface area contributed by atoms with Crippen molar-refractivity contribution in [2.45, 2.75) is 89.3 Å². The quantitative estimate of drug-likeness (QED) is 0.373. The zero-order chi connectivity index (χ0) is 25.1. The van der Waals surface area contributed by atoms with Crippen molar-refractivity contribution in [1.82, 2.24) is 5.32 Å². The fraction of sp³-hybridized carbons (Fsp3) is 0.571. The van der Waals surface area contributed by atoms with Crippen molar-refractivity contribution < 1.29 is 13.9 Å². The fourth-order valence-corrected chi connectivity index (χ4v) is 4.36. The summed E-state index contributed by atoms with van der Waals surface area (Å²) in [4.78, 5) is 0. The first kappa shape index (κ1) is 29.2. The second-order valence-corrected chi connectivity index (χ2v) is 9.98. The van der Waals surface area contributed by atoms with E-state index in [4.69, 9.17) is 5.73 Å². The summed E-state index contributed by atoms with van der Waals surface area (Å²) in [5, 5.41) is 14.4. The largest absolute Gasteiger partial charge is 0.390 e. The standard InChI is InChI=1S/C27H41FN2O.CH3F/c1-6-11-23(28)16-20(2)17-24(29)25(31)19-30-27(14-8-7-9-15-27)22-13-10-12-21(18-22)26(3,4)5;1-2/h6,10-13,16,18,24-25,30-31H,2,7-9,14-15,17,19,29H2,1,3-5H3;1H3/b11-6-,23-16+;. The number of allylic oxidation sites excluding steroid dienone is 4. The number of hydrogen-bond donors (Lipinski definition) is 3. The third kappa shape index (κ3) is 9.15. The molecule has 4 N–H and O–H groups in total. The average molecular weight is 463 g/mol. The van der Waals surface area contributed by atoms with Gasteiger partial charge in [0, 0.05) is 18.1 Å². The molecule has 186 valence electrons. The monoisotopic (exact) mass is 462 g/mol. The Hall–Kier alpha value is -1.82. The molecule has 0 spiro atoms. The van der Waals surface area contributed by atoms with Crippen LogP contribution in [0.2, 0.25) is 0 Å². The Morgan fingerprint density at radius 2 is 1.88 bits per heavy atom. The first-order valence-corrected chi connectivity index (χ1v) is 11.9. The van der Waals surface area contributed by atoms with Crippen molar-refractivity contribution in [3.63, 3.8) is 0 Å². The van der Waals surface area contributed by atoms with E-state index in [2.05, 4.69) is 56.9 Å². The van der Waals surface area contributed by atoms with Crippen LogP contribution in [0.15, 0.2) is 60.5 Å². The molecular weight excluding hydrogens is 418 g/mol. The lowest BCUT2D eigenvalue weighted by Gasteiger charge is -2.40. The molecule has 1 aliphatic carbocycles. The number of aliphatic hydroxyl groups excluding tert-OH is 1. The highest BCUT2D eigenvalue weighted by Gasteiger charge is 2.35. The molecule has 1 aromatic rings. The van der Waals surface area contributed by atoms with Gasteiger partial charge in [0.05, 0.1) is 13.3 Å². The molecule has 5 heteroatoms. The fourth-order valence-electron chi connectivity index (χ4n) is 4.36. The summed E-state index contributed by atoms with van der Waals surface area (Å²) in [5.41, 5.74) is 9.36. The summed E-state index contributed by atoms with van der Waals surface area (Å²) in [7, 11) is 0.500. The van der Waals surface area contributed by atoms with Gasteiger partial charge < -0.3 is 16.2 Å². The van der Waals surface area contributed by atoms with Crippen LogP contribution in [0.3, 0.4) is 0 Å². The minimum atomic E-state index is -0.737. The lowest BCUT2D eigenvalue weighted by molar-refractivity contribution is 0.117. The van der Waals surface area contributed by atoms with E-state index in [0.29, 0.717) is 25.7 Å². The SMILES string of the molecule is C=C(/C=C(F)\C=C/C)CC(N)C(O)CNC1(c2cccc(C(C)(C)C)c2)CCCCC1.CF. The molecule has 0 radical (unpaired) electrons. The summed E-state index contributed by atoms with van der Waals surface area (Å²) in [6.07, 6.45) is 9.68. The summed E-state index contributed by atoms with van der Waals surface area (Å²) in [5.74, 6) is -0.354. The second-order valence-electron chi connectivity index (χ2n) is 9.98. The Balaban J connectivity index is 0.00000265. The van der Waals surface area contributed by atoms with E-state index in [1.807, 2.05) is 0 Å². The number of benzene rings is 1. The molecule has 1 fully saturated rings. The normalized spacial score (nSPS) is 18.4. The zero-order valence-corrected chi connectivity index (χ0v) is 21.1. The molecule has 33 heavy (non-hydrogen) atoms. The van der Waals surface area contributed by atoms with Gasteiger partial charge in [-0.15, -0.1) is 0 Å². The van der Waals surface area contributed by atoms with Gasteiger partial charge in [-0.25, -0.2) is 4.39 Å². The maximum Gasteiger partial charge on any atom is 0.123 e. The van der Waals surface area contributed by atoms with E-state index in [9.17, 15) is 13.9 Å². The van der Waals surface area contributed by atoms with E-state index in [0.717, 1.165) is 12.8 Å². The van der Waals surface area contributed by atoms with Crippen molar-refractivity contribution >= 4 is 0 Å². The third-order valence-electron chi connectivity index (χ3n) is 6.30. The summed E-state index contributed by atoms with van der Waals surface area (Å²) in [6, 6.07) is 8.36. The lowest BCUT2D eigenvalue weighted by Crippen LogP contribution is -2.50. The maximum atomic E-state index is 13.6. The molecule has 3 nitrogen and oxygen atoms in total. The smallest absolute Gasteiger partial charge is 0.123 e. The Morgan fingerprint density at radius 3 is 2.45 bits per heavy atom. The molecule has 2 atom stereocenters. The Labute approximate surface area is 199 Å². The van der Waals surface area contributed by atoms with E-state index in [1.54, 1.807) is 13.0 Å². The van der Waals surface area contributed by atoms with Crippen molar-refractivity contribution in [3.05, 3.63) is 71.6 Å². The minimum Gasteiger partial charge on any atom is -0.390 e. The minimum absolute atomic E-state index is 0.0872. The number of halogens is 2. The van der Waals surface area contributed by atoms with Crippen LogP contribution >= 0.6 is 0 Å². The highest BCUT2D eigenvalue weighted by molar-refractivity contribution is 5.34. The molecule has 2 rings (SSSR count). The number of aliphatic hydroxyl groups is 1. The zero-order valence-electron chi connectivity index (χ0n) is 21.1. The molecule has 1 saturated carbocycles. The number of alkyl halides is 1. The van der Waals surface area contributed by atoms with E-state index in [-0.39, 0.29) is 16.8 Å². The van der Waals surface area contributed by atoms with Gasteiger partial charge in [-0.3, -0.25) is 4.39 Å². The van der Waals surface area contributed by atoms with E-state index >= 15 is 0 Å². The Morgan fingerprint density at radius 1 is 1.24 bits per heavy atom. The number of nitrogens with one attached hydrogen (secondary N) is 1. The number of hydrogen-bond acceptors (Lipinski definition) is 3.